The van der Waals surface area contributed by atoms with E-state index in [0.717, 1.165) is 51.6 Å². The lowest BCUT2D eigenvalue weighted by Gasteiger charge is -2.46. The predicted octanol–water partition coefficient (Wildman–Crippen LogP) is 1.62. The van der Waals surface area contributed by atoms with Crippen LogP contribution >= 0.6 is 0 Å². The fourth-order valence-electron chi connectivity index (χ4n) is 5.17. The number of hydrogen-bond acceptors (Lipinski definition) is 4. The van der Waals surface area contributed by atoms with E-state index in [1.807, 2.05) is 6.92 Å². The zero-order chi connectivity index (χ0) is 16.2. The minimum atomic E-state index is -0.758. The van der Waals surface area contributed by atoms with Gasteiger partial charge in [0.25, 0.3) is 0 Å². The van der Waals surface area contributed by atoms with Gasteiger partial charge in [0.1, 0.15) is 5.60 Å². The van der Waals surface area contributed by atoms with Gasteiger partial charge in [-0.15, -0.1) is 0 Å². The first-order valence-corrected chi connectivity index (χ1v) is 8.73. The van der Waals surface area contributed by atoms with E-state index in [9.17, 15) is 14.7 Å². The average molecular weight is 323 g/mol. The van der Waals surface area contributed by atoms with E-state index in [4.69, 9.17) is 4.74 Å². The fourth-order valence-corrected chi connectivity index (χ4v) is 5.17. The van der Waals surface area contributed by atoms with Crippen molar-refractivity contribution in [3.63, 3.8) is 0 Å². The molecule has 2 amide bonds. The third kappa shape index (κ3) is 2.36. The smallest absolute Gasteiger partial charge is 0.408 e. The molecule has 4 saturated heterocycles. The van der Waals surface area contributed by atoms with Gasteiger partial charge in [-0.05, 0) is 32.6 Å². The lowest BCUT2D eigenvalue weighted by molar-refractivity contribution is -0.0359. The molecule has 3 unspecified atom stereocenters. The third-order valence-corrected chi connectivity index (χ3v) is 6.51. The first kappa shape index (κ1) is 15.1. The molecule has 7 heteroatoms. The van der Waals surface area contributed by atoms with E-state index >= 15 is 0 Å². The van der Waals surface area contributed by atoms with Crippen LogP contribution < -0.4 is 5.32 Å². The number of amides is 2. The highest BCUT2D eigenvalue weighted by molar-refractivity contribution is 5.71. The van der Waals surface area contributed by atoms with Crippen LogP contribution in [0.25, 0.3) is 0 Å². The van der Waals surface area contributed by atoms with Crippen molar-refractivity contribution in [2.24, 2.45) is 0 Å². The summed E-state index contributed by atoms with van der Waals surface area (Å²) < 4.78 is 5.58. The van der Waals surface area contributed by atoms with E-state index in [-0.39, 0.29) is 29.8 Å². The van der Waals surface area contributed by atoms with Crippen LogP contribution in [0.1, 0.15) is 45.4 Å². The maximum absolute atomic E-state index is 11.5. The molecular formula is C16H25N3O4. The largest absolute Gasteiger partial charge is 0.465 e. The van der Waals surface area contributed by atoms with Gasteiger partial charge in [-0.3, -0.25) is 4.90 Å². The summed E-state index contributed by atoms with van der Waals surface area (Å²) in [4.78, 5) is 27.1. The number of hydrogen-bond donors (Lipinski definition) is 2. The number of nitrogens with zero attached hydrogens (tertiary/aromatic N) is 2. The number of carbonyl (C=O) groups excluding carboxylic acids is 1. The Labute approximate surface area is 135 Å². The van der Waals surface area contributed by atoms with Crippen LogP contribution in [0.15, 0.2) is 0 Å². The summed E-state index contributed by atoms with van der Waals surface area (Å²) in [5.74, 6) is 0. The van der Waals surface area contributed by atoms with Crippen LogP contribution in [-0.2, 0) is 4.74 Å². The highest BCUT2D eigenvalue weighted by Gasteiger charge is 2.50. The topological polar surface area (TPSA) is 82.1 Å². The number of nitrogens with one attached hydrogen (secondary N) is 1. The van der Waals surface area contributed by atoms with Gasteiger partial charge in [0, 0.05) is 44.1 Å². The summed E-state index contributed by atoms with van der Waals surface area (Å²) in [6, 6.07) is 0.928. The summed E-state index contributed by atoms with van der Waals surface area (Å²) in [5, 5.41) is 12.2. The molecule has 7 nitrogen and oxygen atoms in total. The van der Waals surface area contributed by atoms with Crippen molar-refractivity contribution in [2.45, 2.75) is 75.2 Å². The van der Waals surface area contributed by atoms with E-state index in [2.05, 4.69) is 10.2 Å². The Morgan fingerprint density at radius 3 is 2.30 bits per heavy atom. The van der Waals surface area contributed by atoms with Gasteiger partial charge in [0.2, 0.25) is 0 Å². The summed E-state index contributed by atoms with van der Waals surface area (Å²) in [6.45, 7) is 3.87. The molecule has 4 aliphatic heterocycles. The second kappa shape index (κ2) is 5.26. The van der Waals surface area contributed by atoms with Gasteiger partial charge < -0.3 is 20.1 Å². The zero-order valence-corrected chi connectivity index (χ0v) is 13.5. The molecule has 128 valence electrons. The van der Waals surface area contributed by atoms with Gasteiger partial charge in [0.15, 0.2) is 0 Å². The maximum Gasteiger partial charge on any atom is 0.408 e. The molecule has 2 N–H and O–H groups in total. The van der Waals surface area contributed by atoms with Crippen LogP contribution in [0.5, 0.6) is 0 Å². The summed E-state index contributed by atoms with van der Waals surface area (Å²) in [7, 11) is 0. The van der Waals surface area contributed by atoms with E-state index in [1.165, 1.54) is 0 Å². The molecule has 0 aromatic carbocycles. The van der Waals surface area contributed by atoms with Gasteiger partial charge in [0.05, 0.1) is 6.04 Å². The molecule has 4 heterocycles. The van der Waals surface area contributed by atoms with Crippen molar-refractivity contribution in [3.8, 4) is 0 Å². The van der Waals surface area contributed by atoms with Crippen molar-refractivity contribution in [1.29, 1.82) is 0 Å². The Kier molecular flexibility index (Phi) is 3.44. The number of rotatable bonds is 1. The SMILES string of the molecule is CC1NC(=O)OC12CCN(C1CC3CCC(C1)N3C(=O)O)CC2. The summed E-state index contributed by atoms with van der Waals surface area (Å²) in [6.07, 6.45) is 4.58. The average Bonchev–Trinajstić information content (AvgIpc) is 2.93. The quantitative estimate of drug-likeness (QED) is 0.766. The number of piperidine rings is 2. The third-order valence-electron chi connectivity index (χ3n) is 6.51. The number of carbonyl (C=O) groups is 2. The minimum Gasteiger partial charge on any atom is -0.465 e. The van der Waals surface area contributed by atoms with Crippen molar-refractivity contribution < 1.29 is 19.4 Å². The van der Waals surface area contributed by atoms with Gasteiger partial charge >= 0.3 is 12.2 Å². The van der Waals surface area contributed by atoms with Crippen LogP contribution in [0.4, 0.5) is 9.59 Å². The van der Waals surface area contributed by atoms with Crippen molar-refractivity contribution in [3.05, 3.63) is 0 Å². The molecule has 1 spiro atoms. The lowest BCUT2D eigenvalue weighted by atomic mass is 9.84. The van der Waals surface area contributed by atoms with E-state index in [1.54, 1.807) is 4.90 Å². The molecule has 0 saturated carbocycles. The molecule has 0 radical (unpaired) electrons. The first-order chi connectivity index (χ1) is 11.0. The Morgan fingerprint density at radius 2 is 1.83 bits per heavy atom. The van der Waals surface area contributed by atoms with Crippen LogP contribution in [0.3, 0.4) is 0 Å². The standard InChI is InChI=1S/C16H25N3O4/c1-10-16(23-14(20)17-10)4-6-18(7-5-16)13-8-11-2-3-12(9-13)19(11)15(21)22/h10-13H,2-9H2,1H3,(H,17,20)(H,21,22). The summed E-state index contributed by atoms with van der Waals surface area (Å²) >= 11 is 0. The molecule has 4 rings (SSSR count). The fraction of sp³-hybridized carbons (Fsp3) is 0.875. The van der Waals surface area contributed by atoms with Crippen molar-refractivity contribution >= 4 is 12.2 Å². The molecule has 3 atom stereocenters. The van der Waals surface area contributed by atoms with E-state index < -0.39 is 6.09 Å². The summed E-state index contributed by atoms with van der Waals surface area (Å²) in [5.41, 5.74) is -0.339. The second-order valence-electron chi connectivity index (χ2n) is 7.56. The zero-order valence-electron chi connectivity index (χ0n) is 13.5. The highest BCUT2D eigenvalue weighted by Crippen LogP contribution is 2.40. The van der Waals surface area contributed by atoms with Gasteiger partial charge in [-0.1, -0.05) is 0 Å². The monoisotopic (exact) mass is 323 g/mol. The Balaban J connectivity index is 1.39. The van der Waals surface area contributed by atoms with E-state index in [0.29, 0.717) is 6.04 Å². The van der Waals surface area contributed by atoms with Crippen LogP contribution in [-0.4, -0.2) is 70.0 Å². The van der Waals surface area contributed by atoms with Crippen LogP contribution in [0, 0.1) is 0 Å². The Morgan fingerprint density at radius 1 is 1.22 bits per heavy atom. The van der Waals surface area contributed by atoms with Gasteiger partial charge in [-0.2, -0.15) is 0 Å². The Bertz CT molecular complexity index is 503. The van der Waals surface area contributed by atoms with Gasteiger partial charge in [-0.25, -0.2) is 9.59 Å². The van der Waals surface area contributed by atoms with Crippen molar-refractivity contribution in [2.75, 3.05) is 13.1 Å². The number of likely N-dealkylation sites (tertiary alicyclic amines) is 1. The molecular weight excluding hydrogens is 298 g/mol. The predicted molar refractivity (Wildman–Crippen MR) is 82.3 cm³/mol. The Hall–Kier alpha value is -1.50. The normalized spacial score (nSPS) is 39.3. The molecule has 0 aromatic rings. The molecule has 4 aliphatic rings. The molecule has 0 aliphatic carbocycles. The number of alkyl carbamates (subject to hydrolysis) is 1. The first-order valence-electron chi connectivity index (χ1n) is 8.73. The number of fused-ring (bicyclic) bond motifs is 2. The highest BCUT2D eigenvalue weighted by atomic mass is 16.6. The molecule has 2 bridgehead atoms. The maximum atomic E-state index is 11.5. The van der Waals surface area contributed by atoms with Crippen molar-refractivity contribution in [1.82, 2.24) is 15.1 Å². The molecule has 4 fully saturated rings. The minimum absolute atomic E-state index is 0.0715. The number of carboxylic acid groups (broad SMARTS) is 1. The van der Waals surface area contributed by atoms with Crippen LogP contribution in [0.2, 0.25) is 0 Å². The molecule has 0 aromatic heterocycles. The number of ether oxygens (including phenoxy) is 1. The molecule has 23 heavy (non-hydrogen) atoms. The second-order valence-corrected chi connectivity index (χ2v) is 7.56. The lowest BCUT2D eigenvalue weighted by Crippen LogP contribution is -2.57.